The predicted octanol–water partition coefficient (Wildman–Crippen LogP) is 4.71. The van der Waals surface area contributed by atoms with Crippen LogP contribution in [0.4, 0.5) is 17.6 Å². The fourth-order valence-corrected chi connectivity index (χ4v) is 3.11. The number of alkyl halides is 4. The summed E-state index contributed by atoms with van der Waals surface area (Å²) in [6, 6.07) is 6.72. The van der Waals surface area contributed by atoms with E-state index in [9.17, 15) is 18.0 Å². The average molecular weight is 359 g/mol. The smallest absolute Gasteiger partial charge is 0.416 e. The van der Waals surface area contributed by atoms with Gasteiger partial charge >= 0.3 is 6.18 Å². The second-order valence-electron chi connectivity index (χ2n) is 5.47. The summed E-state index contributed by atoms with van der Waals surface area (Å²) < 4.78 is 59.3. The van der Waals surface area contributed by atoms with Crippen LogP contribution < -0.4 is 4.74 Å². The molecule has 2 aromatic rings. The lowest BCUT2D eigenvalue weighted by atomic mass is 9.88. The fraction of sp³-hybridized carbons (Fsp3) is 0.235. The summed E-state index contributed by atoms with van der Waals surface area (Å²) in [5.41, 5.74) is -3.71. The van der Waals surface area contributed by atoms with Crippen LogP contribution in [0, 0.1) is 0 Å². The highest BCUT2D eigenvalue weighted by atomic mass is 35.5. The van der Waals surface area contributed by atoms with Gasteiger partial charge in [0.05, 0.1) is 12.7 Å². The van der Waals surface area contributed by atoms with Gasteiger partial charge in [0.15, 0.2) is 5.78 Å². The lowest BCUT2D eigenvalue weighted by Crippen LogP contribution is -2.28. The van der Waals surface area contributed by atoms with Crippen LogP contribution in [0.15, 0.2) is 36.4 Å². The Morgan fingerprint density at radius 1 is 1.12 bits per heavy atom. The van der Waals surface area contributed by atoms with Crippen LogP contribution in [0.3, 0.4) is 0 Å². The van der Waals surface area contributed by atoms with E-state index in [1.54, 1.807) is 0 Å². The summed E-state index contributed by atoms with van der Waals surface area (Å²) in [5, 5.41) is 0.191. The third-order valence-electron chi connectivity index (χ3n) is 4.07. The molecule has 0 bridgehead atoms. The zero-order valence-electron chi connectivity index (χ0n) is 12.4. The number of halogens is 5. The number of hydrogen-bond acceptors (Lipinski definition) is 2. The zero-order valence-corrected chi connectivity index (χ0v) is 13.1. The van der Waals surface area contributed by atoms with Crippen molar-refractivity contribution < 1.29 is 27.1 Å². The third kappa shape index (κ3) is 2.45. The molecule has 0 N–H and O–H groups in total. The van der Waals surface area contributed by atoms with E-state index in [0.717, 1.165) is 18.2 Å². The maximum Gasteiger partial charge on any atom is 0.416 e. The molecule has 0 aromatic heterocycles. The molecular formula is C17H11ClF4O2. The molecule has 0 saturated carbocycles. The van der Waals surface area contributed by atoms with Gasteiger partial charge in [-0.2, -0.15) is 13.2 Å². The Labute approximate surface area is 140 Å². The summed E-state index contributed by atoms with van der Waals surface area (Å²) >= 11 is 5.89. The number of rotatable bonds is 2. The van der Waals surface area contributed by atoms with Crippen LogP contribution in [-0.4, -0.2) is 12.9 Å². The van der Waals surface area contributed by atoms with Crippen LogP contribution in [-0.2, 0) is 23.1 Å². The summed E-state index contributed by atoms with van der Waals surface area (Å²) in [7, 11) is 1.31. The van der Waals surface area contributed by atoms with Crippen molar-refractivity contribution in [2.24, 2.45) is 0 Å². The van der Waals surface area contributed by atoms with E-state index in [-0.39, 0.29) is 27.5 Å². The van der Waals surface area contributed by atoms with Crippen LogP contribution in [0.2, 0.25) is 5.02 Å². The van der Waals surface area contributed by atoms with E-state index in [1.807, 2.05) is 0 Å². The van der Waals surface area contributed by atoms with E-state index in [2.05, 4.69) is 0 Å². The SMILES string of the molecule is COc1ccc(Cl)cc1[C@]1(F)C(=O)Cc2cc(C(F)(F)F)ccc21. The van der Waals surface area contributed by atoms with Crippen LogP contribution in [0.5, 0.6) is 5.75 Å². The minimum Gasteiger partial charge on any atom is -0.496 e. The Morgan fingerprint density at radius 2 is 1.83 bits per heavy atom. The first kappa shape index (κ1) is 16.8. The van der Waals surface area contributed by atoms with E-state index in [4.69, 9.17) is 16.3 Å². The zero-order chi connectivity index (χ0) is 17.7. The number of fused-ring (bicyclic) bond motifs is 1. The Morgan fingerprint density at radius 3 is 2.46 bits per heavy atom. The van der Waals surface area contributed by atoms with Crippen LogP contribution in [0.25, 0.3) is 0 Å². The predicted molar refractivity (Wildman–Crippen MR) is 80.0 cm³/mol. The molecule has 7 heteroatoms. The van der Waals surface area contributed by atoms with Gasteiger partial charge < -0.3 is 4.74 Å². The average Bonchev–Trinajstić information content (AvgIpc) is 2.78. The Kier molecular flexibility index (Phi) is 3.83. The molecule has 0 spiro atoms. The summed E-state index contributed by atoms with van der Waals surface area (Å²) in [6.07, 6.45) is -4.99. The van der Waals surface area contributed by atoms with Crippen molar-refractivity contribution in [2.45, 2.75) is 18.3 Å². The first-order chi connectivity index (χ1) is 11.2. The molecule has 0 radical (unpaired) electrons. The first-order valence-electron chi connectivity index (χ1n) is 6.94. The highest BCUT2D eigenvalue weighted by molar-refractivity contribution is 6.30. The van der Waals surface area contributed by atoms with E-state index < -0.39 is 29.6 Å². The van der Waals surface area contributed by atoms with Crippen molar-refractivity contribution in [3.05, 3.63) is 63.7 Å². The Bertz CT molecular complexity index is 832. The van der Waals surface area contributed by atoms with Gasteiger partial charge in [-0.15, -0.1) is 0 Å². The highest BCUT2D eigenvalue weighted by Crippen LogP contribution is 2.48. The maximum absolute atomic E-state index is 15.7. The number of hydrogen-bond donors (Lipinski definition) is 0. The number of Topliss-reactive ketones (excluding diaryl/α,β-unsaturated/α-hetero) is 1. The Balaban J connectivity index is 2.21. The summed E-state index contributed by atoms with van der Waals surface area (Å²) in [6.45, 7) is 0. The standard InChI is InChI=1S/C17H11ClF4O2/c1-24-14-5-3-11(18)8-13(14)16(19)12-4-2-10(17(20,21)22)6-9(12)7-15(16)23/h2-6,8H,7H2,1H3/t16-/m0/s1. The molecule has 24 heavy (non-hydrogen) atoms. The highest BCUT2D eigenvalue weighted by Gasteiger charge is 2.50. The molecule has 126 valence electrons. The summed E-state index contributed by atoms with van der Waals surface area (Å²) in [4.78, 5) is 12.3. The third-order valence-corrected chi connectivity index (χ3v) is 4.31. The molecule has 0 saturated heterocycles. The van der Waals surface area contributed by atoms with Crippen LogP contribution in [0.1, 0.15) is 22.3 Å². The van der Waals surface area contributed by atoms with Crippen LogP contribution >= 0.6 is 11.6 Å². The van der Waals surface area contributed by atoms with Gasteiger partial charge in [-0.05, 0) is 35.9 Å². The van der Waals surface area contributed by atoms with E-state index in [0.29, 0.717) is 0 Å². The van der Waals surface area contributed by atoms with Crippen molar-refractivity contribution in [3.8, 4) is 5.75 Å². The van der Waals surface area contributed by atoms with Gasteiger partial charge in [-0.25, -0.2) is 4.39 Å². The van der Waals surface area contributed by atoms with Crippen molar-refractivity contribution in [1.29, 1.82) is 0 Å². The topological polar surface area (TPSA) is 26.3 Å². The number of ether oxygens (including phenoxy) is 1. The summed E-state index contributed by atoms with van der Waals surface area (Å²) in [5.74, 6) is -0.750. The van der Waals surface area contributed by atoms with Gasteiger partial charge in [0.25, 0.3) is 0 Å². The molecule has 1 atom stereocenters. The molecule has 3 rings (SSSR count). The molecule has 2 aromatic carbocycles. The molecular weight excluding hydrogens is 348 g/mol. The van der Waals surface area contributed by atoms with Crippen molar-refractivity contribution in [2.75, 3.05) is 7.11 Å². The lowest BCUT2D eigenvalue weighted by molar-refractivity contribution is -0.137. The number of methoxy groups -OCH3 is 1. The van der Waals surface area contributed by atoms with Gasteiger partial charge in [-0.1, -0.05) is 17.7 Å². The largest absolute Gasteiger partial charge is 0.496 e. The maximum atomic E-state index is 15.7. The molecule has 1 aliphatic rings. The Hall–Kier alpha value is -2.08. The molecule has 0 unspecified atom stereocenters. The second kappa shape index (κ2) is 5.48. The molecule has 0 fully saturated rings. The van der Waals surface area contributed by atoms with Crippen molar-refractivity contribution in [1.82, 2.24) is 0 Å². The van der Waals surface area contributed by atoms with Gasteiger partial charge in [-0.3, -0.25) is 4.79 Å². The lowest BCUT2D eigenvalue weighted by Gasteiger charge is -2.23. The quantitative estimate of drug-likeness (QED) is 0.727. The minimum absolute atomic E-state index is 0.0133. The van der Waals surface area contributed by atoms with Gasteiger partial charge in [0, 0.05) is 22.6 Å². The van der Waals surface area contributed by atoms with E-state index in [1.165, 1.54) is 25.3 Å². The number of benzene rings is 2. The van der Waals surface area contributed by atoms with E-state index >= 15 is 4.39 Å². The number of carbonyl (C=O) groups excluding carboxylic acids is 1. The first-order valence-corrected chi connectivity index (χ1v) is 7.32. The fourth-order valence-electron chi connectivity index (χ4n) is 2.94. The molecule has 0 amide bonds. The van der Waals surface area contributed by atoms with Gasteiger partial charge in [0.1, 0.15) is 5.75 Å². The normalized spacial score (nSPS) is 20.2. The molecule has 0 aliphatic heterocycles. The molecule has 0 heterocycles. The molecule has 2 nitrogen and oxygen atoms in total. The minimum atomic E-state index is -4.56. The monoisotopic (exact) mass is 358 g/mol. The van der Waals surface area contributed by atoms with Crippen molar-refractivity contribution in [3.63, 3.8) is 0 Å². The number of carbonyl (C=O) groups is 1. The second-order valence-corrected chi connectivity index (χ2v) is 5.91. The van der Waals surface area contributed by atoms with Crippen molar-refractivity contribution >= 4 is 17.4 Å². The molecule has 1 aliphatic carbocycles. The number of ketones is 1. The van der Waals surface area contributed by atoms with Gasteiger partial charge in [0.2, 0.25) is 5.67 Å².